The molecular formula is C17H21N. The van der Waals surface area contributed by atoms with Crippen molar-refractivity contribution in [3.05, 3.63) is 53.8 Å². The van der Waals surface area contributed by atoms with E-state index in [-0.39, 0.29) is 0 Å². The summed E-state index contributed by atoms with van der Waals surface area (Å²) < 4.78 is 0. The first-order chi connectivity index (χ1) is 8.79. The van der Waals surface area contributed by atoms with Gasteiger partial charge in [0.05, 0.1) is 0 Å². The van der Waals surface area contributed by atoms with Crippen LogP contribution in [-0.4, -0.2) is 17.0 Å². The Morgan fingerprint density at radius 2 is 2.11 bits per heavy atom. The van der Waals surface area contributed by atoms with E-state index in [0.717, 1.165) is 12.5 Å². The number of benzene rings is 1. The molecule has 1 aromatic carbocycles. The van der Waals surface area contributed by atoms with Crippen molar-refractivity contribution in [3.8, 4) is 0 Å². The van der Waals surface area contributed by atoms with Crippen molar-refractivity contribution in [2.24, 2.45) is 5.92 Å². The van der Waals surface area contributed by atoms with E-state index < -0.39 is 0 Å². The standard InChI is InChI=1S/C17H21N/c1-3-15-9-10-16-11-17(15)18(13(16)2)12-14-7-5-4-6-8-14/h4-8,13,16-17H,1,9-12H2,2H3/t13-,16-,17-/m0/s1. The largest absolute Gasteiger partial charge is 0.289 e. The molecule has 1 aliphatic carbocycles. The van der Waals surface area contributed by atoms with Gasteiger partial charge in [0.1, 0.15) is 0 Å². The second-order valence-corrected chi connectivity index (χ2v) is 5.65. The van der Waals surface area contributed by atoms with Gasteiger partial charge in [-0.2, -0.15) is 0 Å². The predicted molar refractivity (Wildman–Crippen MR) is 75.2 cm³/mol. The average Bonchev–Trinajstić information content (AvgIpc) is 2.66. The highest BCUT2D eigenvalue weighted by atomic mass is 15.2. The zero-order chi connectivity index (χ0) is 12.5. The number of fused-ring (bicyclic) bond motifs is 2. The molecule has 1 heteroatoms. The topological polar surface area (TPSA) is 3.24 Å². The molecule has 1 aliphatic heterocycles. The highest BCUT2D eigenvalue weighted by Gasteiger charge is 2.42. The van der Waals surface area contributed by atoms with Gasteiger partial charge < -0.3 is 0 Å². The first-order valence-corrected chi connectivity index (χ1v) is 6.98. The zero-order valence-corrected chi connectivity index (χ0v) is 11.1. The molecule has 94 valence electrons. The molecule has 2 bridgehead atoms. The molecule has 0 amide bonds. The summed E-state index contributed by atoms with van der Waals surface area (Å²) in [5, 5.41) is 0. The summed E-state index contributed by atoms with van der Waals surface area (Å²) in [6, 6.07) is 12.1. The summed E-state index contributed by atoms with van der Waals surface area (Å²) in [6.45, 7) is 7.33. The van der Waals surface area contributed by atoms with Crippen LogP contribution in [0.4, 0.5) is 0 Å². The molecule has 2 aliphatic rings. The minimum atomic E-state index is 0.594. The normalized spacial score (nSPS) is 31.4. The highest BCUT2D eigenvalue weighted by molar-refractivity contribution is 5.21. The maximum absolute atomic E-state index is 3.88. The quantitative estimate of drug-likeness (QED) is 0.710. The Labute approximate surface area is 110 Å². The van der Waals surface area contributed by atoms with Crippen LogP contribution in [0.5, 0.6) is 0 Å². The Morgan fingerprint density at radius 1 is 1.33 bits per heavy atom. The van der Waals surface area contributed by atoms with E-state index in [1.807, 2.05) is 0 Å². The number of nitrogens with zero attached hydrogens (tertiary/aromatic N) is 1. The Kier molecular flexibility index (Phi) is 3.11. The molecule has 0 aromatic heterocycles. The lowest BCUT2D eigenvalue weighted by molar-refractivity contribution is 0.208. The van der Waals surface area contributed by atoms with Crippen LogP contribution in [0.2, 0.25) is 0 Å². The highest BCUT2D eigenvalue weighted by Crippen LogP contribution is 2.43. The van der Waals surface area contributed by atoms with Crippen molar-refractivity contribution in [2.75, 3.05) is 0 Å². The summed E-state index contributed by atoms with van der Waals surface area (Å²) >= 11 is 0. The van der Waals surface area contributed by atoms with E-state index in [1.54, 1.807) is 0 Å². The summed E-state index contributed by atoms with van der Waals surface area (Å²) in [5.74, 6) is 0.871. The van der Waals surface area contributed by atoms with Gasteiger partial charge in [-0.05, 0) is 43.2 Å². The SMILES string of the molecule is C=C=C1CC[C@H]2C[C@@H]1N(Cc1ccccc1)[C@H]2C. The molecule has 3 atom stereocenters. The molecule has 0 radical (unpaired) electrons. The van der Waals surface area contributed by atoms with Gasteiger partial charge in [0.2, 0.25) is 0 Å². The first-order valence-electron chi connectivity index (χ1n) is 6.98. The van der Waals surface area contributed by atoms with Crippen LogP contribution in [0.1, 0.15) is 31.7 Å². The fraction of sp³-hybridized carbons (Fsp3) is 0.471. The van der Waals surface area contributed by atoms with Gasteiger partial charge in [0, 0.05) is 18.6 Å². The van der Waals surface area contributed by atoms with Crippen molar-refractivity contribution in [3.63, 3.8) is 0 Å². The maximum atomic E-state index is 3.88. The summed E-state index contributed by atoms with van der Waals surface area (Å²) in [6.07, 6.45) is 3.83. The lowest BCUT2D eigenvalue weighted by Gasteiger charge is -2.28. The first kappa shape index (κ1) is 11.8. The Hall–Kier alpha value is -1.30. The molecule has 1 nitrogen and oxygen atoms in total. The van der Waals surface area contributed by atoms with E-state index in [1.165, 1.54) is 30.4 Å². The molecule has 0 unspecified atom stereocenters. The number of likely N-dealkylation sites (tertiary alicyclic amines) is 1. The van der Waals surface area contributed by atoms with Crippen molar-refractivity contribution in [1.29, 1.82) is 0 Å². The van der Waals surface area contributed by atoms with Crippen LogP contribution in [0, 0.1) is 5.92 Å². The Morgan fingerprint density at radius 3 is 2.83 bits per heavy atom. The summed E-state index contributed by atoms with van der Waals surface area (Å²) in [7, 11) is 0. The van der Waals surface area contributed by atoms with Crippen LogP contribution in [0.25, 0.3) is 0 Å². The molecule has 1 heterocycles. The second-order valence-electron chi connectivity index (χ2n) is 5.65. The van der Waals surface area contributed by atoms with Gasteiger partial charge in [-0.15, -0.1) is 5.73 Å². The van der Waals surface area contributed by atoms with Crippen molar-refractivity contribution >= 4 is 0 Å². The van der Waals surface area contributed by atoms with E-state index in [9.17, 15) is 0 Å². The Bertz CT molecular complexity index is 470. The smallest absolute Gasteiger partial charge is 0.0391 e. The van der Waals surface area contributed by atoms with Crippen LogP contribution < -0.4 is 0 Å². The van der Waals surface area contributed by atoms with Crippen molar-refractivity contribution in [2.45, 2.75) is 44.8 Å². The number of rotatable bonds is 2. The molecule has 1 aromatic rings. The van der Waals surface area contributed by atoms with Gasteiger partial charge in [0.25, 0.3) is 0 Å². The van der Waals surface area contributed by atoms with E-state index in [4.69, 9.17) is 0 Å². The fourth-order valence-corrected chi connectivity index (χ4v) is 3.64. The molecule has 0 N–H and O–H groups in total. The van der Waals surface area contributed by atoms with Gasteiger partial charge in [-0.1, -0.05) is 36.9 Å². The monoisotopic (exact) mass is 239 g/mol. The molecule has 1 saturated heterocycles. The second kappa shape index (κ2) is 4.76. The third kappa shape index (κ3) is 1.94. The van der Waals surface area contributed by atoms with Gasteiger partial charge in [0.15, 0.2) is 0 Å². The molecule has 1 saturated carbocycles. The fourth-order valence-electron chi connectivity index (χ4n) is 3.64. The molecule has 0 spiro atoms. The van der Waals surface area contributed by atoms with Crippen LogP contribution in [-0.2, 0) is 6.54 Å². The number of hydrogen-bond donors (Lipinski definition) is 0. The van der Waals surface area contributed by atoms with E-state index in [0.29, 0.717) is 12.1 Å². The van der Waals surface area contributed by atoms with Gasteiger partial charge in [-0.25, -0.2) is 0 Å². The third-order valence-electron chi connectivity index (χ3n) is 4.75. The number of hydrogen-bond acceptors (Lipinski definition) is 1. The third-order valence-corrected chi connectivity index (χ3v) is 4.75. The molecule has 18 heavy (non-hydrogen) atoms. The minimum absolute atomic E-state index is 0.594. The molecule has 3 rings (SSSR count). The van der Waals surface area contributed by atoms with E-state index in [2.05, 4.69) is 54.5 Å². The van der Waals surface area contributed by atoms with Crippen LogP contribution in [0.15, 0.2) is 48.2 Å². The van der Waals surface area contributed by atoms with Crippen LogP contribution in [0.3, 0.4) is 0 Å². The lowest BCUT2D eigenvalue weighted by Crippen LogP contribution is -2.34. The van der Waals surface area contributed by atoms with Crippen molar-refractivity contribution < 1.29 is 0 Å². The van der Waals surface area contributed by atoms with Gasteiger partial charge >= 0.3 is 0 Å². The maximum Gasteiger partial charge on any atom is 0.0391 e. The lowest BCUT2D eigenvalue weighted by atomic mass is 9.85. The zero-order valence-electron chi connectivity index (χ0n) is 11.1. The van der Waals surface area contributed by atoms with E-state index >= 15 is 0 Å². The Balaban J connectivity index is 1.84. The molecule has 2 fully saturated rings. The predicted octanol–water partition coefficient (Wildman–Crippen LogP) is 3.77. The van der Waals surface area contributed by atoms with Gasteiger partial charge in [-0.3, -0.25) is 4.90 Å². The minimum Gasteiger partial charge on any atom is -0.289 e. The average molecular weight is 239 g/mol. The summed E-state index contributed by atoms with van der Waals surface area (Å²) in [5.41, 5.74) is 6.05. The summed E-state index contributed by atoms with van der Waals surface area (Å²) in [4.78, 5) is 2.65. The van der Waals surface area contributed by atoms with Crippen LogP contribution >= 0.6 is 0 Å². The van der Waals surface area contributed by atoms with Crippen molar-refractivity contribution in [1.82, 2.24) is 4.90 Å². The molecular weight excluding hydrogens is 218 g/mol.